The molecule has 0 unspecified atom stereocenters. The zero-order chi connectivity index (χ0) is 15.5. The number of rotatable bonds is 4. The molecule has 5 nitrogen and oxygen atoms in total. The Labute approximate surface area is 132 Å². The zero-order valence-corrected chi connectivity index (χ0v) is 13.2. The van der Waals surface area contributed by atoms with Crippen LogP contribution in [0.1, 0.15) is 33.4 Å². The Morgan fingerprint density at radius 1 is 1.36 bits per heavy atom. The van der Waals surface area contributed by atoms with Crippen molar-refractivity contribution in [3.05, 3.63) is 55.6 Å². The quantitative estimate of drug-likeness (QED) is 0.878. The summed E-state index contributed by atoms with van der Waals surface area (Å²) in [6, 6.07) is 8.39. The lowest BCUT2D eigenvalue weighted by atomic mass is 10.00. The van der Waals surface area contributed by atoms with Crippen molar-refractivity contribution in [3.63, 3.8) is 0 Å². The fraction of sp³-hybridized carbons (Fsp3) is 0.375. The summed E-state index contributed by atoms with van der Waals surface area (Å²) in [6.45, 7) is 4.40. The second kappa shape index (κ2) is 6.46. The van der Waals surface area contributed by atoms with Crippen molar-refractivity contribution < 1.29 is 9.53 Å². The maximum Gasteiger partial charge on any atom is 0.356 e. The second-order valence-electron chi connectivity index (χ2n) is 5.26. The molecule has 0 atom stereocenters. The Morgan fingerprint density at radius 3 is 2.91 bits per heavy atom. The first kappa shape index (κ1) is 15.0. The van der Waals surface area contributed by atoms with Gasteiger partial charge in [0.05, 0.1) is 11.5 Å². The van der Waals surface area contributed by atoms with E-state index >= 15 is 0 Å². The third-order valence-electron chi connectivity index (χ3n) is 3.78. The molecule has 2 heterocycles. The minimum absolute atomic E-state index is 0.213. The van der Waals surface area contributed by atoms with E-state index in [1.165, 1.54) is 11.1 Å². The van der Waals surface area contributed by atoms with Gasteiger partial charge in [-0.2, -0.15) is 0 Å². The number of carbonyl (C=O) groups is 1. The first-order valence-electron chi connectivity index (χ1n) is 7.35. The number of H-pyrrole nitrogens is 1. The van der Waals surface area contributed by atoms with Gasteiger partial charge in [0.1, 0.15) is 5.69 Å². The first-order valence-corrected chi connectivity index (χ1v) is 8.17. The molecular weight excluding hydrogens is 300 g/mol. The molecule has 0 aliphatic carbocycles. The van der Waals surface area contributed by atoms with Crippen LogP contribution in [0.4, 0.5) is 0 Å². The van der Waals surface area contributed by atoms with Crippen LogP contribution in [0.2, 0.25) is 0 Å². The van der Waals surface area contributed by atoms with E-state index in [2.05, 4.69) is 28.1 Å². The van der Waals surface area contributed by atoms with Crippen LogP contribution < -0.4 is 4.87 Å². The summed E-state index contributed by atoms with van der Waals surface area (Å²) in [5, 5.41) is 0. The van der Waals surface area contributed by atoms with Crippen LogP contribution in [0.3, 0.4) is 0 Å². The smallest absolute Gasteiger partial charge is 0.356 e. The third-order valence-corrected chi connectivity index (χ3v) is 4.65. The third kappa shape index (κ3) is 3.13. The van der Waals surface area contributed by atoms with Crippen molar-refractivity contribution in [2.45, 2.75) is 26.4 Å². The van der Waals surface area contributed by atoms with Gasteiger partial charge in [-0.1, -0.05) is 35.6 Å². The molecule has 1 N–H and O–H groups in total. The van der Waals surface area contributed by atoms with Gasteiger partial charge >= 0.3 is 10.8 Å². The summed E-state index contributed by atoms with van der Waals surface area (Å²) < 4.78 is 5.01. The molecule has 3 rings (SSSR count). The molecule has 0 saturated carbocycles. The van der Waals surface area contributed by atoms with Gasteiger partial charge < -0.3 is 9.72 Å². The lowest BCUT2D eigenvalue weighted by molar-refractivity contribution is 0.0517. The largest absolute Gasteiger partial charge is 0.461 e. The van der Waals surface area contributed by atoms with Gasteiger partial charge in [-0.25, -0.2) is 4.79 Å². The zero-order valence-electron chi connectivity index (χ0n) is 12.4. The number of thiazole rings is 1. The van der Waals surface area contributed by atoms with Crippen LogP contribution in [-0.4, -0.2) is 29.0 Å². The molecule has 0 radical (unpaired) electrons. The van der Waals surface area contributed by atoms with E-state index in [1.807, 2.05) is 6.07 Å². The molecule has 116 valence electrons. The predicted molar refractivity (Wildman–Crippen MR) is 85.2 cm³/mol. The summed E-state index contributed by atoms with van der Waals surface area (Å²) in [5.41, 5.74) is 3.00. The average Bonchev–Trinajstić information content (AvgIpc) is 2.88. The van der Waals surface area contributed by atoms with Gasteiger partial charge in [-0.15, -0.1) is 0 Å². The number of aromatic amines is 1. The Balaban J connectivity index is 1.77. The first-order chi connectivity index (χ1) is 10.7. The van der Waals surface area contributed by atoms with Gasteiger partial charge in [-0.3, -0.25) is 9.69 Å². The molecule has 1 aromatic carbocycles. The monoisotopic (exact) mass is 318 g/mol. The molecule has 1 aliphatic heterocycles. The minimum atomic E-state index is -0.451. The summed E-state index contributed by atoms with van der Waals surface area (Å²) in [6.07, 6.45) is 0.990. The number of nitrogens with one attached hydrogen (secondary N) is 1. The highest BCUT2D eigenvalue weighted by Crippen LogP contribution is 2.22. The summed E-state index contributed by atoms with van der Waals surface area (Å²) in [5.74, 6) is -0.451. The van der Waals surface area contributed by atoms with Crippen molar-refractivity contribution in [2.75, 3.05) is 13.2 Å². The molecule has 0 fully saturated rings. The van der Waals surface area contributed by atoms with Crippen molar-refractivity contribution in [3.8, 4) is 0 Å². The highest BCUT2D eigenvalue weighted by Gasteiger charge is 2.21. The number of aromatic nitrogens is 1. The molecule has 22 heavy (non-hydrogen) atoms. The Morgan fingerprint density at radius 2 is 2.14 bits per heavy atom. The fourth-order valence-corrected chi connectivity index (χ4v) is 3.59. The van der Waals surface area contributed by atoms with Gasteiger partial charge in [0.15, 0.2) is 0 Å². The Bertz CT molecular complexity index is 735. The van der Waals surface area contributed by atoms with Gasteiger partial charge in [-0.05, 0) is 24.5 Å². The SMILES string of the molecule is CCOC(=O)c1[nH]c(=O)sc1CN1CCc2ccccc2C1. The highest BCUT2D eigenvalue weighted by atomic mass is 32.1. The number of fused-ring (bicyclic) bond motifs is 1. The average molecular weight is 318 g/mol. The van der Waals surface area contributed by atoms with Crippen molar-refractivity contribution in [2.24, 2.45) is 0 Å². The highest BCUT2D eigenvalue weighted by molar-refractivity contribution is 7.09. The number of hydrogen-bond donors (Lipinski definition) is 1. The number of hydrogen-bond acceptors (Lipinski definition) is 5. The molecule has 0 spiro atoms. The van der Waals surface area contributed by atoms with Crippen molar-refractivity contribution in [1.29, 1.82) is 0 Å². The van der Waals surface area contributed by atoms with Crippen LogP contribution in [0.5, 0.6) is 0 Å². The van der Waals surface area contributed by atoms with Crippen molar-refractivity contribution >= 4 is 17.3 Å². The molecule has 0 amide bonds. The number of benzene rings is 1. The van der Waals surface area contributed by atoms with Crippen LogP contribution in [-0.2, 0) is 24.2 Å². The Kier molecular flexibility index (Phi) is 4.40. The van der Waals surface area contributed by atoms with E-state index in [4.69, 9.17) is 4.74 Å². The van der Waals surface area contributed by atoms with E-state index in [-0.39, 0.29) is 4.87 Å². The van der Waals surface area contributed by atoms with Gasteiger partial charge in [0.2, 0.25) is 0 Å². The lowest BCUT2D eigenvalue weighted by Crippen LogP contribution is -2.30. The summed E-state index contributed by atoms with van der Waals surface area (Å²) in [4.78, 5) is 28.9. The topological polar surface area (TPSA) is 62.4 Å². The lowest BCUT2D eigenvalue weighted by Gasteiger charge is -2.28. The van der Waals surface area contributed by atoms with E-state index in [0.29, 0.717) is 18.8 Å². The van der Waals surface area contributed by atoms with Gasteiger partial charge in [0.25, 0.3) is 0 Å². The number of esters is 1. The van der Waals surface area contributed by atoms with Crippen molar-refractivity contribution in [1.82, 2.24) is 9.88 Å². The Hall–Kier alpha value is -1.92. The number of ether oxygens (including phenoxy) is 1. The predicted octanol–water partition coefficient (Wildman–Crippen LogP) is 2.17. The molecule has 1 aliphatic rings. The van der Waals surface area contributed by atoms with Crippen LogP contribution >= 0.6 is 11.3 Å². The van der Waals surface area contributed by atoms with Crippen LogP contribution in [0, 0.1) is 0 Å². The maximum atomic E-state index is 11.9. The van der Waals surface area contributed by atoms with Gasteiger partial charge in [0, 0.05) is 19.6 Å². The van der Waals surface area contributed by atoms with E-state index in [0.717, 1.165) is 35.7 Å². The molecule has 1 aromatic heterocycles. The minimum Gasteiger partial charge on any atom is -0.461 e. The van der Waals surface area contributed by atoms with Crippen LogP contribution in [0.25, 0.3) is 0 Å². The van der Waals surface area contributed by atoms with E-state index in [1.54, 1.807) is 6.92 Å². The molecular formula is C16H18N2O3S. The molecule has 0 saturated heterocycles. The fourth-order valence-electron chi connectivity index (χ4n) is 2.73. The molecule has 0 bridgehead atoms. The van der Waals surface area contributed by atoms with E-state index < -0.39 is 5.97 Å². The standard InChI is InChI=1S/C16H18N2O3S/c1-2-21-15(19)14-13(22-16(20)17-14)10-18-8-7-11-5-3-4-6-12(11)9-18/h3-6H,2,7-10H2,1H3,(H,17,20). The second-order valence-corrected chi connectivity index (χ2v) is 6.33. The molecule has 6 heteroatoms. The summed E-state index contributed by atoms with van der Waals surface area (Å²) >= 11 is 1.09. The number of carbonyl (C=O) groups excluding carboxylic acids is 1. The molecule has 2 aromatic rings. The summed E-state index contributed by atoms with van der Waals surface area (Å²) in [7, 11) is 0. The maximum absolute atomic E-state index is 11.9. The number of nitrogens with zero attached hydrogens (tertiary/aromatic N) is 1. The van der Waals surface area contributed by atoms with Crippen LogP contribution in [0.15, 0.2) is 29.1 Å². The normalized spacial score (nSPS) is 14.6. The van der Waals surface area contributed by atoms with E-state index in [9.17, 15) is 9.59 Å².